The van der Waals surface area contributed by atoms with Gasteiger partial charge in [-0.25, -0.2) is 4.79 Å². The summed E-state index contributed by atoms with van der Waals surface area (Å²) in [7, 11) is 0. The molecule has 0 saturated carbocycles. The van der Waals surface area contributed by atoms with E-state index in [1.54, 1.807) is 0 Å². The molecule has 2 aromatic rings. The number of hydrogen-bond acceptors (Lipinski definition) is 1. The first-order valence-electron chi connectivity index (χ1n) is 9.71. The van der Waals surface area contributed by atoms with Gasteiger partial charge in [-0.1, -0.05) is 86.0 Å². The Morgan fingerprint density at radius 2 is 1.59 bits per heavy atom. The van der Waals surface area contributed by atoms with Gasteiger partial charge in [0.15, 0.2) is 0 Å². The average molecular weight is 360 g/mol. The Labute approximate surface area is 162 Å². The molecule has 0 spiro atoms. The molecule has 0 heterocycles. The highest BCUT2D eigenvalue weighted by Crippen LogP contribution is 2.49. The number of rotatable bonds is 6. The van der Waals surface area contributed by atoms with Gasteiger partial charge in [0.25, 0.3) is 0 Å². The minimum absolute atomic E-state index is 0.149. The van der Waals surface area contributed by atoms with Crippen LogP contribution in [-0.2, 0) is 4.79 Å². The van der Waals surface area contributed by atoms with Crippen molar-refractivity contribution in [1.29, 1.82) is 0 Å². The number of carboxylic acids is 1. The van der Waals surface area contributed by atoms with Gasteiger partial charge in [0.1, 0.15) is 0 Å². The van der Waals surface area contributed by atoms with Crippen LogP contribution >= 0.6 is 0 Å². The molecule has 0 amide bonds. The van der Waals surface area contributed by atoms with Crippen LogP contribution in [0.1, 0.15) is 50.3 Å². The van der Waals surface area contributed by atoms with Gasteiger partial charge in [-0.3, -0.25) is 0 Å². The van der Waals surface area contributed by atoms with Gasteiger partial charge < -0.3 is 5.11 Å². The molecule has 1 N–H and O–H groups in total. The molecule has 0 fully saturated rings. The lowest BCUT2D eigenvalue weighted by atomic mass is 9.84. The van der Waals surface area contributed by atoms with Crippen LogP contribution in [0.25, 0.3) is 11.1 Å². The summed E-state index contributed by atoms with van der Waals surface area (Å²) in [6.45, 7) is 8.52. The summed E-state index contributed by atoms with van der Waals surface area (Å²) in [5.74, 6) is -0.0921. The van der Waals surface area contributed by atoms with Crippen molar-refractivity contribution in [2.45, 2.75) is 40.5 Å². The number of carbonyl (C=O) groups is 1. The second-order valence-electron chi connectivity index (χ2n) is 7.91. The molecular formula is C25H28O2. The Morgan fingerprint density at radius 1 is 0.963 bits per heavy atom. The van der Waals surface area contributed by atoms with Crippen molar-refractivity contribution in [1.82, 2.24) is 0 Å². The maximum absolute atomic E-state index is 12.2. The van der Waals surface area contributed by atoms with Crippen LogP contribution in [0, 0.1) is 18.8 Å². The zero-order valence-electron chi connectivity index (χ0n) is 16.6. The Morgan fingerprint density at radius 3 is 2.15 bits per heavy atom. The van der Waals surface area contributed by atoms with Gasteiger partial charge in [-0.15, -0.1) is 0 Å². The zero-order valence-corrected chi connectivity index (χ0v) is 16.6. The van der Waals surface area contributed by atoms with E-state index in [1.807, 2.05) is 37.3 Å². The van der Waals surface area contributed by atoms with Gasteiger partial charge in [0, 0.05) is 11.5 Å². The predicted molar refractivity (Wildman–Crippen MR) is 112 cm³/mol. The van der Waals surface area contributed by atoms with E-state index in [2.05, 4.69) is 45.0 Å². The summed E-state index contributed by atoms with van der Waals surface area (Å²) in [4.78, 5) is 12.2. The Kier molecular flexibility index (Phi) is 5.65. The molecule has 2 nitrogen and oxygen atoms in total. The lowest BCUT2D eigenvalue weighted by Crippen LogP contribution is -2.06. The largest absolute Gasteiger partial charge is 0.478 e. The zero-order chi connectivity index (χ0) is 19.6. The van der Waals surface area contributed by atoms with Crippen molar-refractivity contribution in [2.24, 2.45) is 11.8 Å². The van der Waals surface area contributed by atoms with Crippen LogP contribution in [-0.4, -0.2) is 11.1 Å². The molecule has 0 aromatic heterocycles. The number of benzene rings is 2. The lowest BCUT2D eigenvalue weighted by Gasteiger charge is -2.20. The fourth-order valence-corrected chi connectivity index (χ4v) is 4.02. The molecule has 27 heavy (non-hydrogen) atoms. The van der Waals surface area contributed by atoms with Crippen LogP contribution in [0.3, 0.4) is 0 Å². The summed E-state index contributed by atoms with van der Waals surface area (Å²) in [5.41, 5.74) is 6.83. The second kappa shape index (κ2) is 7.96. The summed E-state index contributed by atoms with van der Waals surface area (Å²) < 4.78 is 0. The minimum Gasteiger partial charge on any atom is -0.478 e. The predicted octanol–water partition coefficient (Wildman–Crippen LogP) is 6.37. The van der Waals surface area contributed by atoms with Crippen LogP contribution in [0.2, 0.25) is 0 Å². The maximum Gasteiger partial charge on any atom is 0.336 e. The van der Waals surface area contributed by atoms with E-state index in [0.717, 1.165) is 40.7 Å². The van der Waals surface area contributed by atoms with Crippen molar-refractivity contribution in [3.63, 3.8) is 0 Å². The first-order valence-corrected chi connectivity index (χ1v) is 9.71. The molecule has 0 aliphatic heterocycles. The quantitative estimate of drug-likeness (QED) is 0.649. The number of aliphatic carboxylic acids is 1. The fraction of sp³-hybridized carbons (Fsp3) is 0.320. The number of carboxylic acid groups (broad SMARTS) is 1. The van der Waals surface area contributed by atoms with E-state index in [1.165, 1.54) is 5.56 Å². The topological polar surface area (TPSA) is 37.3 Å². The second-order valence-corrected chi connectivity index (χ2v) is 7.91. The van der Waals surface area contributed by atoms with E-state index >= 15 is 0 Å². The number of aryl methyl sites for hydroxylation is 1. The number of hydrogen-bond donors (Lipinski definition) is 1. The molecular weight excluding hydrogens is 332 g/mol. The van der Waals surface area contributed by atoms with Crippen LogP contribution < -0.4 is 0 Å². The van der Waals surface area contributed by atoms with Crippen LogP contribution in [0.15, 0.2) is 65.7 Å². The third-order valence-electron chi connectivity index (χ3n) is 5.46. The molecule has 3 rings (SSSR count). The molecule has 1 unspecified atom stereocenters. The normalized spacial score (nSPS) is 17.1. The van der Waals surface area contributed by atoms with Crippen molar-refractivity contribution in [3.8, 4) is 0 Å². The highest BCUT2D eigenvalue weighted by atomic mass is 16.4. The molecule has 140 valence electrons. The average Bonchev–Trinajstić information content (AvgIpc) is 2.94. The van der Waals surface area contributed by atoms with Gasteiger partial charge in [0.2, 0.25) is 0 Å². The molecule has 0 radical (unpaired) electrons. The van der Waals surface area contributed by atoms with Crippen molar-refractivity contribution in [3.05, 3.63) is 82.4 Å². The van der Waals surface area contributed by atoms with Crippen molar-refractivity contribution >= 4 is 17.1 Å². The fourth-order valence-electron chi connectivity index (χ4n) is 4.02. The smallest absolute Gasteiger partial charge is 0.336 e. The Balaban J connectivity index is 2.24. The van der Waals surface area contributed by atoms with E-state index in [-0.39, 0.29) is 5.92 Å². The molecule has 0 saturated heterocycles. The van der Waals surface area contributed by atoms with E-state index < -0.39 is 5.97 Å². The molecule has 0 bridgehead atoms. The molecule has 1 aliphatic rings. The summed E-state index contributed by atoms with van der Waals surface area (Å²) in [6, 6.07) is 18.4. The molecule has 2 aromatic carbocycles. The summed E-state index contributed by atoms with van der Waals surface area (Å²) in [6.07, 6.45) is 2.05. The SMILES string of the molecule is CC1=C(C(=O)O)C(c2ccccc2)=C(c2ccc(C)cc2)C1CCC(C)C. The summed E-state index contributed by atoms with van der Waals surface area (Å²) >= 11 is 0. The summed E-state index contributed by atoms with van der Waals surface area (Å²) in [5, 5.41) is 10.0. The maximum atomic E-state index is 12.2. The van der Waals surface area contributed by atoms with E-state index in [9.17, 15) is 9.90 Å². The molecule has 1 aliphatic carbocycles. The van der Waals surface area contributed by atoms with Gasteiger partial charge in [-0.05, 0) is 42.9 Å². The minimum atomic E-state index is -0.831. The van der Waals surface area contributed by atoms with Gasteiger partial charge in [-0.2, -0.15) is 0 Å². The standard InChI is InChI=1S/C25H28O2/c1-16(2)10-15-21-18(4)22(25(26)27)24(19-8-6-5-7-9-19)23(21)20-13-11-17(3)12-14-20/h5-9,11-14,16,21H,10,15H2,1-4H3,(H,26,27). The van der Waals surface area contributed by atoms with Crippen LogP contribution in [0.4, 0.5) is 0 Å². The third-order valence-corrected chi connectivity index (χ3v) is 5.46. The first-order chi connectivity index (χ1) is 12.9. The van der Waals surface area contributed by atoms with Crippen molar-refractivity contribution < 1.29 is 9.90 Å². The van der Waals surface area contributed by atoms with Crippen molar-refractivity contribution in [2.75, 3.05) is 0 Å². The Hall–Kier alpha value is -2.61. The highest BCUT2D eigenvalue weighted by molar-refractivity contribution is 6.16. The van der Waals surface area contributed by atoms with E-state index in [0.29, 0.717) is 11.5 Å². The lowest BCUT2D eigenvalue weighted by molar-refractivity contribution is -0.132. The van der Waals surface area contributed by atoms with Gasteiger partial charge >= 0.3 is 5.97 Å². The third kappa shape index (κ3) is 3.90. The highest BCUT2D eigenvalue weighted by Gasteiger charge is 2.35. The van der Waals surface area contributed by atoms with Crippen LogP contribution in [0.5, 0.6) is 0 Å². The molecule has 1 atom stereocenters. The molecule has 2 heteroatoms. The Bertz CT molecular complexity index is 884. The number of allylic oxidation sites excluding steroid dienone is 2. The monoisotopic (exact) mass is 360 g/mol. The first kappa shape index (κ1) is 19.2. The van der Waals surface area contributed by atoms with Gasteiger partial charge in [0.05, 0.1) is 5.57 Å². The van der Waals surface area contributed by atoms with E-state index in [4.69, 9.17) is 0 Å².